The van der Waals surface area contributed by atoms with Crippen molar-refractivity contribution in [3.8, 4) is 5.75 Å². The molecule has 0 atom stereocenters. The Bertz CT molecular complexity index is 820. The summed E-state index contributed by atoms with van der Waals surface area (Å²) in [5.41, 5.74) is 1.60. The molecule has 2 aromatic carbocycles. The highest BCUT2D eigenvalue weighted by molar-refractivity contribution is 8.15. The summed E-state index contributed by atoms with van der Waals surface area (Å²) in [6.07, 6.45) is 0. The molecule has 1 heterocycles. The summed E-state index contributed by atoms with van der Waals surface area (Å²) in [5, 5.41) is 4.48. The molecule has 0 spiro atoms. The van der Waals surface area contributed by atoms with Crippen LogP contribution in [0.5, 0.6) is 5.75 Å². The summed E-state index contributed by atoms with van der Waals surface area (Å²) in [6.45, 7) is 5.02. The van der Waals surface area contributed by atoms with E-state index in [4.69, 9.17) is 17.0 Å². The number of thiocarbonyl (C=S) groups is 1. The van der Waals surface area contributed by atoms with E-state index < -0.39 is 0 Å². The van der Waals surface area contributed by atoms with E-state index in [0.717, 1.165) is 28.8 Å². The predicted octanol–water partition coefficient (Wildman–Crippen LogP) is 4.92. The first-order valence-corrected chi connectivity index (χ1v) is 9.35. The summed E-state index contributed by atoms with van der Waals surface area (Å²) in [5.74, 6) is 0.485. The van der Waals surface area contributed by atoms with Gasteiger partial charge < -0.3 is 10.1 Å². The van der Waals surface area contributed by atoms with Gasteiger partial charge in [-0.2, -0.15) is 0 Å². The maximum atomic E-state index is 13.1. The van der Waals surface area contributed by atoms with Crippen molar-refractivity contribution < 1.29 is 9.13 Å². The molecule has 0 unspecified atom stereocenters. The Balaban J connectivity index is 1.89. The number of ether oxygens (including phenoxy) is 1. The van der Waals surface area contributed by atoms with Crippen molar-refractivity contribution in [3.63, 3.8) is 0 Å². The van der Waals surface area contributed by atoms with Gasteiger partial charge in [-0.25, -0.2) is 4.39 Å². The number of methoxy groups -OCH3 is 1. The Kier molecular flexibility index (Phi) is 5.48. The van der Waals surface area contributed by atoms with Gasteiger partial charge in [0.2, 0.25) is 0 Å². The van der Waals surface area contributed by atoms with Crippen LogP contribution < -0.4 is 15.0 Å². The van der Waals surface area contributed by atoms with Gasteiger partial charge in [0.25, 0.3) is 0 Å². The van der Waals surface area contributed by atoms with Crippen LogP contribution in [0.2, 0.25) is 0 Å². The number of nitrogens with zero attached hydrogens (tertiary/aromatic N) is 2. The fourth-order valence-electron chi connectivity index (χ4n) is 2.44. The Labute approximate surface area is 162 Å². The predicted molar refractivity (Wildman–Crippen MR) is 112 cm³/mol. The first-order valence-electron chi connectivity index (χ1n) is 8.12. The standard InChI is InChI=1S/C19H20FN3OS2/c1-19(2)12-21-18(26-19)23(15-8-10-16(24-3)11-9-15)17(25)22-14-6-4-13(20)5-7-14/h4-11H,12H2,1-3H3,(H,22,25). The van der Waals surface area contributed by atoms with Gasteiger partial charge in [0.15, 0.2) is 10.3 Å². The maximum Gasteiger partial charge on any atom is 0.184 e. The topological polar surface area (TPSA) is 36.9 Å². The quantitative estimate of drug-likeness (QED) is 0.754. The summed E-state index contributed by atoms with van der Waals surface area (Å²) < 4.78 is 18.4. The van der Waals surface area contributed by atoms with Gasteiger partial charge in [-0.3, -0.25) is 9.89 Å². The molecule has 0 aliphatic carbocycles. The number of aliphatic imine (C=N–C) groups is 1. The second-order valence-corrected chi connectivity index (χ2v) is 8.49. The van der Waals surface area contributed by atoms with Crippen molar-refractivity contribution in [3.05, 3.63) is 54.3 Å². The molecular formula is C19H20FN3OS2. The lowest BCUT2D eigenvalue weighted by atomic mass is 10.2. The Morgan fingerprint density at radius 3 is 2.38 bits per heavy atom. The first kappa shape index (κ1) is 18.7. The van der Waals surface area contributed by atoms with Crippen LogP contribution in [-0.4, -0.2) is 28.7 Å². The van der Waals surface area contributed by atoms with Crippen LogP contribution in [0.4, 0.5) is 15.8 Å². The van der Waals surface area contributed by atoms with E-state index >= 15 is 0 Å². The van der Waals surface area contributed by atoms with E-state index in [2.05, 4.69) is 24.2 Å². The molecule has 2 aromatic rings. The molecule has 136 valence electrons. The average molecular weight is 390 g/mol. The Morgan fingerprint density at radius 1 is 1.19 bits per heavy atom. The minimum Gasteiger partial charge on any atom is -0.497 e. The molecule has 1 aliphatic heterocycles. The zero-order chi connectivity index (χ0) is 18.7. The lowest BCUT2D eigenvalue weighted by molar-refractivity contribution is 0.415. The average Bonchev–Trinajstić information content (AvgIpc) is 2.97. The van der Waals surface area contributed by atoms with E-state index in [-0.39, 0.29) is 10.6 Å². The van der Waals surface area contributed by atoms with Crippen LogP contribution in [0.3, 0.4) is 0 Å². The number of hydrogen-bond acceptors (Lipinski definition) is 4. The monoisotopic (exact) mass is 389 g/mol. The van der Waals surface area contributed by atoms with E-state index in [1.807, 2.05) is 29.2 Å². The van der Waals surface area contributed by atoms with E-state index in [1.165, 1.54) is 12.1 Å². The van der Waals surface area contributed by atoms with Gasteiger partial charge in [-0.15, -0.1) is 0 Å². The van der Waals surface area contributed by atoms with Gasteiger partial charge >= 0.3 is 0 Å². The molecule has 0 amide bonds. The zero-order valence-corrected chi connectivity index (χ0v) is 16.5. The lowest BCUT2D eigenvalue weighted by Crippen LogP contribution is -2.38. The van der Waals surface area contributed by atoms with Crippen molar-refractivity contribution in [2.24, 2.45) is 4.99 Å². The number of thioether (sulfide) groups is 1. The minimum atomic E-state index is -0.286. The van der Waals surface area contributed by atoms with E-state index in [0.29, 0.717) is 5.11 Å². The third-order valence-corrected chi connectivity index (χ3v) is 5.24. The van der Waals surface area contributed by atoms with Crippen molar-refractivity contribution in [1.82, 2.24) is 0 Å². The molecule has 4 nitrogen and oxygen atoms in total. The van der Waals surface area contributed by atoms with Gasteiger partial charge in [0.05, 0.1) is 19.3 Å². The minimum absolute atomic E-state index is 0.0194. The van der Waals surface area contributed by atoms with Crippen molar-refractivity contribution in [2.75, 3.05) is 23.9 Å². The molecule has 0 aromatic heterocycles. The van der Waals surface area contributed by atoms with Crippen LogP contribution in [0, 0.1) is 5.82 Å². The van der Waals surface area contributed by atoms with E-state index in [9.17, 15) is 4.39 Å². The largest absolute Gasteiger partial charge is 0.497 e. The molecular weight excluding hydrogens is 369 g/mol. The third-order valence-electron chi connectivity index (χ3n) is 3.78. The fourth-order valence-corrected chi connectivity index (χ4v) is 3.85. The fraction of sp³-hybridized carbons (Fsp3) is 0.263. The van der Waals surface area contributed by atoms with Gasteiger partial charge in [-0.05, 0) is 74.6 Å². The molecule has 0 saturated carbocycles. The molecule has 0 fully saturated rings. The van der Waals surface area contributed by atoms with Crippen LogP contribution in [0.15, 0.2) is 53.5 Å². The number of amidine groups is 1. The summed E-state index contributed by atoms with van der Waals surface area (Å²) in [7, 11) is 1.63. The number of anilines is 2. The van der Waals surface area contributed by atoms with Gasteiger partial charge in [-0.1, -0.05) is 11.8 Å². The number of nitrogens with one attached hydrogen (secondary N) is 1. The first-order chi connectivity index (χ1) is 12.4. The van der Waals surface area contributed by atoms with E-state index in [1.54, 1.807) is 31.0 Å². The molecule has 26 heavy (non-hydrogen) atoms. The summed E-state index contributed by atoms with van der Waals surface area (Å²) in [4.78, 5) is 6.57. The number of halogens is 1. The number of rotatable bonds is 3. The van der Waals surface area contributed by atoms with Crippen LogP contribution >= 0.6 is 24.0 Å². The van der Waals surface area contributed by atoms with Crippen molar-refractivity contribution in [1.29, 1.82) is 0 Å². The zero-order valence-electron chi connectivity index (χ0n) is 14.8. The smallest absolute Gasteiger partial charge is 0.184 e. The normalized spacial score (nSPS) is 15.3. The van der Waals surface area contributed by atoms with Gasteiger partial charge in [0, 0.05) is 10.4 Å². The maximum absolute atomic E-state index is 13.1. The summed E-state index contributed by atoms with van der Waals surface area (Å²) in [6, 6.07) is 13.7. The van der Waals surface area contributed by atoms with Crippen molar-refractivity contribution in [2.45, 2.75) is 18.6 Å². The molecule has 0 saturated heterocycles. The third kappa shape index (κ3) is 4.34. The number of hydrogen-bond donors (Lipinski definition) is 1. The highest BCUT2D eigenvalue weighted by Crippen LogP contribution is 2.35. The van der Waals surface area contributed by atoms with Crippen molar-refractivity contribution >= 4 is 45.6 Å². The molecule has 7 heteroatoms. The molecule has 1 aliphatic rings. The molecule has 3 rings (SSSR count). The Morgan fingerprint density at radius 2 is 1.85 bits per heavy atom. The lowest BCUT2D eigenvalue weighted by Gasteiger charge is -2.26. The van der Waals surface area contributed by atoms with Crippen LogP contribution in [-0.2, 0) is 0 Å². The molecule has 0 radical (unpaired) electrons. The molecule has 0 bridgehead atoms. The highest BCUT2D eigenvalue weighted by atomic mass is 32.2. The SMILES string of the molecule is COc1ccc(N(C(=S)Nc2ccc(F)cc2)C2=NCC(C)(C)S2)cc1. The van der Waals surface area contributed by atoms with Gasteiger partial charge in [0.1, 0.15) is 11.6 Å². The number of benzene rings is 2. The highest BCUT2D eigenvalue weighted by Gasteiger charge is 2.32. The second kappa shape index (κ2) is 7.63. The van der Waals surface area contributed by atoms with Crippen LogP contribution in [0.1, 0.15) is 13.8 Å². The molecule has 1 N–H and O–H groups in total. The second-order valence-electron chi connectivity index (χ2n) is 6.43. The Hall–Kier alpha value is -2.12. The van der Waals surface area contributed by atoms with Crippen LogP contribution in [0.25, 0.3) is 0 Å². The summed E-state index contributed by atoms with van der Waals surface area (Å²) >= 11 is 7.32.